The molecule has 0 saturated carbocycles. The second kappa shape index (κ2) is 4.84. The van der Waals surface area contributed by atoms with Gasteiger partial charge in [0.2, 0.25) is 0 Å². The van der Waals surface area contributed by atoms with Gasteiger partial charge >= 0.3 is 0 Å². The van der Waals surface area contributed by atoms with Crippen molar-refractivity contribution in [3.05, 3.63) is 29.8 Å². The third-order valence-corrected chi connectivity index (χ3v) is 3.59. The predicted molar refractivity (Wildman–Crippen MR) is 69.9 cm³/mol. The molecule has 1 aliphatic heterocycles. The van der Waals surface area contributed by atoms with E-state index in [1.807, 2.05) is 0 Å². The summed E-state index contributed by atoms with van der Waals surface area (Å²) in [5.41, 5.74) is 0.516. The zero-order valence-electron chi connectivity index (χ0n) is 11.2. The molecule has 0 atom stereocenters. The highest BCUT2D eigenvalue weighted by Gasteiger charge is 2.33. The second-order valence-corrected chi connectivity index (χ2v) is 5.46. The fraction of sp³-hybridized carbons (Fsp3) is 0.571. The highest BCUT2D eigenvalue weighted by Crippen LogP contribution is 2.29. The standard InChI is InChI=1S/C14H20F2N2/c1-4-17-5-6-18(14(2,3)10-17)13-8-11(15)7-12(16)9-13/h7-9H,4-6,10H2,1-3H3. The van der Waals surface area contributed by atoms with E-state index in [0.29, 0.717) is 5.69 Å². The van der Waals surface area contributed by atoms with Gasteiger partial charge in [0.15, 0.2) is 0 Å². The Labute approximate surface area is 107 Å². The fourth-order valence-corrected chi connectivity index (χ4v) is 2.70. The second-order valence-electron chi connectivity index (χ2n) is 5.46. The number of likely N-dealkylation sites (N-methyl/N-ethyl adjacent to an activating group) is 1. The van der Waals surface area contributed by atoms with Crippen LogP contribution in [0.4, 0.5) is 14.5 Å². The molecule has 1 aromatic carbocycles. The molecule has 1 aromatic rings. The number of nitrogens with zero attached hydrogens (tertiary/aromatic N) is 2. The Balaban J connectivity index is 2.27. The molecule has 0 spiro atoms. The first-order valence-corrected chi connectivity index (χ1v) is 6.38. The number of rotatable bonds is 2. The largest absolute Gasteiger partial charge is 0.364 e. The average molecular weight is 254 g/mol. The van der Waals surface area contributed by atoms with Crippen molar-refractivity contribution in [3.63, 3.8) is 0 Å². The molecule has 0 radical (unpaired) electrons. The summed E-state index contributed by atoms with van der Waals surface area (Å²) in [4.78, 5) is 4.44. The van der Waals surface area contributed by atoms with Gasteiger partial charge in [-0.3, -0.25) is 4.90 Å². The molecule has 0 unspecified atom stereocenters. The molecule has 1 fully saturated rings. The van der Waals surface area contributed by atoms with E-state index in [4.69, 9.17) is 0 Å². The number of piperazine rings is 1. The number of anilines is 1. The van der Waals surface area contributed by atoms with Gasteiger partial charge in [-0.05, 0) is 32.5 Å². The number of benzene rings is 1. The Kier molecular flexibility index (Phi) is 3.57. The number of halogens is 2. The zero-order chi connectivity index (χ0) is 13.3. The van der Waals surface area contributed by atoms with Gasteiger partial charge in [-0.1, -0.05) is 6.92 Å². The average Bonchev–Trinajstić information content (AvgIpc) is 2.26. The van der Waals surface area contributed by atoms with E-state index in [9.17, 15) is 8.78 Å². The van der Waals surface area contributed by atoms with E-state index < -0.39 is 11.6 Å². The summed E-state index contributed by atoms with van der Waals surface area (Å²) in [5, 5.41) is 0. The highest BCUT2D eigenvalue weighted by atomic mass is 19.1. The fourth-order valence-electron chi connectivity index (χ4n) is 2.70. The lowest BCUT2D eigenvalue weighted by molar-refractivity contribution is 0.191. The summed E-state index contributed by atoms with van der Waals surface area (Å²) < 4.78 is 26.6. The third-order valence-electron chi connectivity index (χ3n) is 3.59. The monoisotopic (exact) mass is 254 g/mol. The lowest BCUT2D eigenvalue weighted by Crippen LogP contribution is -2.59. The number of hydrogen-bond acceptors (Lipinski definition) is 2. The van der Waals surface area contributed by atoms with Crippen LogP contribution in [0.2, 0.25) is 0 Å². The van der Waals surface area contributed by atoms with Crippen LogP contribution in [0.5, 0.6) is 0 Å². The van der Waals surface area contributed by atoms with Crippen LogP contribution in [0.1, 0.15) is 20.8 Å². The Bertz CT molecular complexity index is 412. The molecule has 0 amide bonds. The molecule has 0 aliphatic carbocycles. The van der Waals surface area contributed by atoms with Crippen LogP contribution < -0.4 is 4.90 Å². The van der Waals surface area contributed by atoms with Gasteiger partial charge in [-0.15, -0.1) is 0 Å². The van der Waals surface area contributed by atoms with Crippen molar-refractivity contribution in [1.29, 1.82) is 0 Å². The van der Waals surface area contributed by atoms with Crippen LogP contribution in [0.15, 0.2) is 18.2 Å². The van der Waals surface area contributed by atoms with Gasteiger partial charge in [-0.2, -0.15) is 0 Å². The maximum atomic E-state index is 13.3. The van der Waals surface area contributed by atoms with Gasteiger partial charge < -0.3 is 4.90 Å². The summed E-state index contributed by atoms with van der Waals surface area (Å²) in [6, 6.07) is 3.73. The quantitative estimate of drug-likeness (QED) is 0.800. The maximum Gasteiger partial charge on any atom is 0.128 e. The van der Waals surface area contributed by atoms with E-state index in [0.717, 1.165) is 32.2 Å². The normalized spacial score (nSPS) is 20.2. The minimum absolute atomic E-state index is 0.117. The van der Waals surface area contributed by atoms with E-state index in [2.05, 4.69) is 30.6 Å². The highest BCUT2D eigenvalue weighted by molar-refractivity contribution is 5.50. The van der Waals surface area contributed by atoms with Crippen molar-refractivity contribution >= 4 is 5.69 Å². The van der Waals surface area contributed by atoms with E-state index in [-0.39, 0.29) is 5.54 Å². The van der Waals surface area contributed by atoms with Crippen LogP contribution >= 0.6 is 0 Å². The molecule has 1 aliphatic rings. The molecule has 1 saturated heterocycles. The van der Waals surface area contributed by atoms with E-state index >= 15 is 0 Å². The molecule has 1 heterocycles. The molecule has 0 bridgehead atoms. The lowest BCUT2D eigenvalue weighted by Gasteiger charge is -2.48. The molecule has 18 heavy (non-hydrogen) atoms. The van der Waals surface area contributed by atoms with Crippen molar-refractivity contribution in [3.8, 4) is 0 Å². The molecular weight excluding hydrogens is 234 g/mol. The summed E-state index contributed by atoms with van der Waals surface area (Å²) in [7, 11) is 0. The molecule has 0 aromatic heterocycles. The van der Waals surface area contributed by atoms with E-state index in [1.54, 1.807) is 0 Å². The SMILES string of the molecule is CCN1CCN(c2cc(F)cc(F)c2)C(C)(C)C1. The van der Waals surface area contributed by atoms with Crippen LogP contribution in [-0.2, 0) is 0 Å². The summed E-state index contributed by atoms with van der Waals surface area (Å²) in [6.07, 6.45) is 0. The van der Waals surface area contributed by atoms with Crippen LogP contribution in [0.25, 0.3) is 0 Å². The molecule has 100 valence electrons. The maximum absolute atomic E-state index is 13.3. The Hall–Kier alpha value is -1.16. The van der Waals surface area contributed by atoms with Crippen LogP contribution in [-0.4, -0.2) is 36.6 Å². The van der Waals surface area contributed by atoms with Gasteiger partial charge in [0.05, 0.1) is 0 Å². The van der Waals surface area contributed by atoms with Gasteiger partial charge in [-0.25, -0.2) is 8.78 Å². The summed E-state index contributed by atoms with van der Waals surface area (Å²) >= 11 is 0. The van der Waals surface area contributed by atoms with Gasteiger partial charge in [0.25, 0.3) is 0 Å². The molecular formula is C14H20F2N2. The predicted octanol–water partition coefficient (Wildman–Crippen LogP) is 2.89. The summed E-state index contributed by atoms with van der Waals surface area (Å²) in [6.45, 7) is 9.99. The molecule has 2 nitrogen and oxygen atoms in total. The minimum atomic E-state index is -0.515. The van der Waals surface area contributed by atoms with Crippen molar-refractivity contribution in [2.24, 2.45) is 0 Å². The van der Waals surface area contributed by atoms with Gasteiger partial charge in [0, 0.05) is 36.9 Å². The lowest BCUT2D eigenvalue weighted by atomic mass is 9.97. The first-order chi connectivity index (χ1) is 8.42. The Morgan fingerprint density at radius 3 is 2.22 bits per heavy atom. The number of hydrogen-bond donors (Lipinski definition) is 0. The topological polar surface area (TPSA) is 6.48 Å². The van der Waals surface area contributed by atoms with Crippen LogP contribution in [0, 0.1) is 11.6 Å². The first-order valence-electron chi connectivity index (χ1n) is 6.38. The van der Waals surface area contributed by atoms with E-state index in [1.165, 1.54) is 12.1 Å². The molecule has 0 N–H and O–H groups in total. The van der Waals surface area contributed by atoms with Crippen molar-refractivity contribution < 1.29 is 8.78 Å². The summed E-state index contributed by atoms with van der Waals surface area (Å²) in [5.74, 6) is -1.03. The zero-order valence-corrected chi connectivity index (χ0v) is 11.2. The Morgan fingerprint density at radius 1 is 1.11 bits per heavy atom. The van der Waals surface area contributed by atoms with Crippen molar-refractivity contribution in [1.82, 2.24) is 4.90 Å². The Morgan fingerprint density at radius 2 is 1.72 bits per heavy atom. The van der Waals surface area contributed by atoms with Crippen molar-refractivity contribution in [2.45, 2.75) is 26.3 Å². The first kappa shape index (κ1) is 13.3. The van der Waals surface area contributed by atoms with Crippen LogP contribution in [0.3, 0.4) is 0 Å². The van der Waals surface area contributed by atoms with Gasteiger partial charge in [0.1, 0.15) is 11.6 Å². The van der Waals surface area contributed by atoms with Crippen molar-refractivity contribution in [2.75, 3.05) is 31.1 Å². The smallest absolute Gasteiger partial charge is 0.128 e. The minimum Gasteiger partial charge on any atom is -0.364 e. The third kappa shape index (κ3) is 2.64. The molecule has 4 heteroatoms. The molecule has 2 rings (SSSR count).